The van der Waals surface area contributed by atoms with Gasteiger partial charge in [0.2, 0.25) is 0 Å². The van der Waals surface area contributed by atoms with Crippen molar-refractivity contribution in [2.75, 3.05) is 0 Å². The number of nitro groups is 2. The first-order chi connectivity index (χ1) is 20.0. The summed E-state index contributed by atoms with van der Waals surface area (Å²) in [6.07, 6.45) is 9.12. The Morgan fingerprint density at radius 2 is 1.67 bits per heavy atom. The molecule has 222 valence electrons. The maximum absolute atomic E-state index is 13.6. The van der Waals surface area contributed by atoms with Crippen LogP contribution in [-0.4, -0.2) is 32.6 Å². The molecule has 10 heteroatoms. The van der Waals surface area contributed by atoms with Crippen molar-refractivity contribution in [3.8, 4) is 5.75 Å². The number of non-ortho nitro benzene ring substituents is 2. The maximum Gasteiger partial charge on any atom is 0.277 e. The monoisotopic (exact) mass is 575 g/mol. The molecule has 0 bridgehead atoms. The first kappa shape index (κ1) is 29.4. The number of phenolic OH excluding ortho intramolecular Hbond substituents is 1. The SMILES string of the molecule is CC(C)(CCC[C@H]1CCc2ccc3ccc(O)cc3c2[C@H]1NC(=O)c1cc([N+](=O)[O-])cc([N+](=O)[O-])c1)OC1CCCC1. The Labute approximate surface area is 244 Å². The number of fused-ring (bicyclic) bond motifs is 3. The van der Waals surface area contributed by atoms with Crippen LogP contribution >= 0.6 is 0 Å². The molecule has 2 aliphatic carbocycles. The molecule has 10 nitrogen and oxygen atoms in total. The lowest BCUT2D eigenvalue weighted by atomic mass is 9.75. The molecule has 0 heterocycles. The van der Waals surface area contributed by atoms with E-state index in [0.29, 0.717) is 6.10 Å². The number of aromatic hydroxyl groups is 1. The van der Waals surface area contributed by atoms with Crippen LogP contribution in [0.3, 0.4) is 0 Å². The Balaban J connectivity index is 1.45. The number of ether oxygens (including phenoxy) is 1. The highest BCUT2D eigenvalue weighted by Crippen LogP contribution is 2.42. The van der Waals surface area contributed by atoms with Crippen molar-refractivity contribution >= 4 is 28.1 Å². The topological polar surface area (TPSA) is 145 Å². The quantitative estimate of drug-likeness (QED) is 0.190. The first-order valence-corrected chi connectivity index (χ1v) is 14.7. The van der Waals surface area contributed by atoms with Gasteiger partial charge in [-0.05, 0) is 92.3 Å². The van der Waals surface area contributed by atoms with E-state index in [2.05, 4.69) is 19.2 Å². The Morgan fingerprint density at radius 1 is 1.00 bits per heavy atom. The fraction of sp³-hybridized carbons (Fsp3) is 0.469. The second-order valence-corrected chi connectivity index (χ2v) is 12.2. The summed E-state index contributed by atoms with van der Waals surface area (Å²) in [5.41, 5.74) is 0.528. The summed E-state index contributed by atoms with van der Waals surface area (Å²) in [7, 11) is 0. The molecule has 1 saturated carbocycles. The van der Waals surface area contributed by atoms with Crippen molar-refractivity contribution in [2.24, 2.45) is 5.92 Å². The minimum atomic E-state index is -0.742. The van der Waals surface area contributed by atoms with E-state index in [1.807, 2.05) is 18.2 Å². The van der Waals surface area contributed by atoms with Gasteiger partial charge >= 0.3 is 0 Å². The number of rotatable bonds is 10. The molecule has 0 unspecified atom stereocenters. The molecule has 0 spiro atoms. The van der Waals surface area contributed by atoms with Crippen LogP contribution in [0.1, 0.15) is 92.7 Å². The lowest BCUT2D eigenvalue weighted by molar-refractivity contribution is -0.394. The highest BCUT2D eigenvalue weighted by Gasteiger charge is 2.34. The standard InChI is InChI=1S/C32H37N3O7/c1-32(2,42-27-7-3-4-8-27)15-5-6-22-12-11-21-10-9-20-13-14-26(36)19-28(20)29(21)30(22)33-31(37)23-16-24(34(38)39)18-25(17-23)35(40)41/h9-10,13-14,16-19,22,27,30,36H,3-8,11-12,15H2,1-2H3,(H,33,37)/t22-,30-/m0/s1. The van der Waals surface area contributed by atoms with E-state index >= 15 is 0 Å². The molecule has 2 N–H and O–H groups in total. The van der Waals surface area contributed by atoms with E-state index in [0.717, 1.165) is 85.0 Å². The second-order valence-electron chi connectivity index (χ2n) is 12.2. The fourth-order valence-corrected chi connectivity index (χ4v) is 6.67. The number of hydrogen-bond acceptors (Lipinski definition) is 7. The van der Waals surface area contributed by atoms with Crippen molar-refractivity contribution in [3.63, 3.8) is 0 Å². The van der Waals surface area contributed by atoms with Crippen molar-refractivity contribution in [1.29, 1.82) is 0 Å². The molecule has 5 rings (SSSR count). The van der Waals surface area contributed by atoms with Crippen molar-refractivity contribution in [2.45, 2.75) is 89.4 Å². The van der Waals surface area contributed by atoms with Gasteiger partial charge in [-0.3, -0.25) is 25.0 Å². The van der Waals surface area contributed by atoms with Gasteiger partial charge in [-0.1, -0.05) is 37.5 Å². The maximum atomic E-state index is 13.6. The number of hydrogen-bond donors (Lipinski definition) is 2. The fourth-order valence-electron chi connectivity index (χ4n) is 6.67. The molecule has 0 saturated heterocycles. The van der Waals surface area contributed by atoms with Crippen molar-refractivity contribution < 1.29 is 24.5 Å². The van der Waals surface area contributed by atoms with E-state index in [1.54, 1.807) is 12.1 Å². The molecular weight excluding hydrogens is 538 g/mol. The van der Waals surface area contributed by atoms with Crippen molar-refractivity contribution in [3.05, 3.63) is 85.4 Å². The minimum absolute atomic E-state index is 0.0466. The van der Waals surface area contributed by atoms with Crippen LogP contribution in [0.5, 0.6) is 5.75 Å². The summed E-state index contributed by atoms with van der Waals surface area (Å²) in [5, 5.41) is 38.1. The number of carbonyl (C=O) groups is 1. The van der Waals surface area contributed by atoms with Gasteiger partial charge < -0.3 is 15.2 Å². The zero-order valence-corrected chi connectivity index (χ0v) is 24.0. The summed E-state index contributed by atoms with van der Waals surface area (Å²) in [5.74, 6) is -0.458. The third-order valence-corrected chi connectivity index (χ3v) is 8.72. The third kappa shape index (κ3) is 6.54. The highest BCUT2D eigenvalue weighted by atomic mass is 16.6. The highest BCUT2D eigenvalue weighted by molar-refractivity contribution is 5.97. The Morgan fingerprint density at radius 3 is 2.33 bits per heavy atom. The normalized spacial score (nSPS) is 19.0. The molecule has 1 fully saturated rings. The number of amides is 1. The molecule has 3 aromatic rings. The van der Waals surface area contributed by atoms with Crippen LogP contribution < -0.4 is 5.32 Å². The van der Waals surface area contributed by atoms with Gasteiger partial charge in [0.05, 0.1) is 39.2 Å². The van der Waals surface area contributed by atoms with E-state index in [-0.39, 0.29) is 22.8 Å². The second kappa shape index (κ2) is 12.1. The number of nitrogens with one attached hydrogen (secondary N) is 1. The Kier molecular flexibility index (Phi) is 8.45. The summed E-state index contributed by atoms with van der Waals surface area (Å²) in [6, 6.07) is 11.7. The van der Waals surface area contributed by atoms with E-state index in [1.165, 1.54) is 12.8 Å². The largest absolute Gasteiger partial charge is 0.508 e. The number of nitrogens with zero attached hydrogens (tertiary/aromatic N) is 2. The lowest BCUT2D eigenvalue weighted by Crippen LogP contribution is -2.37. The zero-order chi connectivity index (χ0) is 30.0. The molecule has 2 atom stereocenters. The van der Waals surface area contributed by atoms with Crippen LogP contribution in [0.25, 0.3) is 10.8 Å². The molecule has 3 aromatic carbocycles. The molecule has 42 heavy (non-hydrogen) atoms. The average Bonchev–Trinajstić information content (AvgIpc) is 3.45. The van der Waals surface area contributed by atoms with Gasteiger partial charge in [0.1, 0.15) is 5.75 Å². The van der Waals surface area contributed by atoms with Crippen LogP contribution in [-0.2, 0) is 11.2 Å². The summed E-state index contributed by atoms with van der Waals surface area (Å²) in [6.45, 7) is 4.26. The molecule has 1 amide bonds. The predicted octanol–water partition coefficient (Wildman–Crippen LogP) is 7.30. The number of benzene rings is 3. The van der Waals surface area contributed by atoms with Crippen LogP contribution in [0, 0.1) is 26.1 Å². The number of carbonyl (C=O) groups excluding carboxylic acids is 1. The van der Waals surface area contributed by atoms with Gasteiger partial charge in [0.25, 0.3) is 17.3 Å². The van der Waals surface area contributed by atoms with Gasteiger partial charge in [-0.2, -0.15) is 0 Å². The number of aryl methyl sites for hydroxylation is 1. The Hall–Kier alpha value is -4.05. The van der Waals surface area contributed by atoms with Crippen molar-refractivity contribution in [1.82, 2.24) is 5.32 Å². The van der Waals surface area contributed by atoms with Gasteiger partial charge in [-0.15, -0.1) is 0 Å². The van der Waals surface area contributed by atoms with Gasteiger partial charge in [-0.25, -0.2) is 0 Å². The lowest BCUT2D eigenvalue weighted by Gasteiger charge is -2.36. The van der Waals surface area contributed by atoms with Gasteiger partial charge in [0.15, 0.2) is 0 Å². The Bertz CT molecular complexity index is 1480. The number of nitro benzene ring substituents is 2. The van der Waals surface area contributed by atoms with Gasteiger partial charge in [0, 0.05) is 12.1 Å². The predicted molar refractivity (Wildman–Crippen MR) is 159 cm³/mol. The van der Waals surface area contributed by atoms with Crippen LogP contribution in [0.2, 0.25) is 0 Å². The zero-order valence-electron chi connectivity index (χ0n) is 24.0. The minimum Gasteiger partial charge on any atom is -0.508 e. The summed E-state index contributed by atoms with van der Waals surface area (Å²) >= 11 is 0. The van der Waals surface area contributed by atoms with E-state index < -0.39 is 33.2 Å². The molecular formula is C32H37N3O7. The van der Waals surface area contributed by atoms with Crippen LogP contribution in [0.4, 0.5) is 11.4 Å². The van der Waals surface area contributed by atoms with E-state index in [9.17, 15) is 30.1 Å². The molecule has 0 aliphatic heterocycles. The average molecular weight is 576 g/mol. The third-order valence-electron chi connectivity index (χ3n) is 8.72. The molecule has 2 aliphatic rings. The van der Waals surface area contributed by atoms with Crippen LogP contribution in [0.15, 0.2) is 48.5 Å². The molecule has 0 aromatic heterocycles. The molecule has 0 radical (unpaired) electrons. The van der Waals surface area contributed by atoms with E-state index in [4.69, 9.17) is 4.74 Å². The smallest absolute Gasteiger partial charge is 0.277 e. The summed E-state index contributed by atoms with van der Waals surface area (Å²) in [4.78, 5) is 35.1. The first-order valence-electron chi connectivity index (χ1n) is 14.7. The number of phenols is 1. The summed E-state index contributed by atoms with van der Waals surface area (Å²) < 4.78 is 6.42.